The molecule has 0 aromatic rings. The minimum absolute atomic E-state index is 0.659. The number of hydrogen-bond donors (Lipinski definition) is 1. The van der Waals surface area contributed by atoms with Crippen molar-refractivity contribution in [2.24, 2.45) is 5.73 Å². The molecule has 1 saturated heterocycles. The third-order valence-corrected chi connectivity index (χ3v) is 3.57. The predicted octanol–water partition coefficient (Wildman–Crippen LogP) is 2.39. The van der Waals surface area contributed by atoms with E-state index >= 15 is 0 Å². The first-order chi connectivity index (χ1) is 8.15. The summed E-state index contributed by atoms with van der Waals surface area (Å²) in [6, 6.07) is 0.659. The van der Waals surface area contributed by atoms with Crippen LogP contribution < -0.4 is 5.73 Å². The van der Waals surface area contributed by atoms with Gasteiger partial charge in [0.1, 0.15) is 0 Å². The van der Waals surface area contributed by atoms with Crippen LogP contribution in [-0.2, 0) is 0 Å². The summed E-state index contributed by atoms with van der Waals surface area (Å²) in [6.07, 6.45) is 7.19. The van der Waals surface area contributed by atoms with E-state index < -0.39 is 0 Å². The molecule has 1 rings (SSSR count). The maximum absolute atomic E-state index is 6.12. The summed E-state index contributed by atoms with van der Waals surface area (Å²) in [6.45, 7) is 11.2. The summed E-state index contributed by atoms with van der Waals surface area (Å²) < 4.78 is 0. The Morgan fingerprint density at radius 1 is 1.18 bits per heavy atom. The van der Waals surface area contributed by atoms with E-state index in [1.54, 1.807) is 0 Å². The molecule has 0 atom stereocenters. The van der Waals surface area contributed by atoms with Crippen LogP contribution >= 0.6 is 0 Å². The van der Waals surface area contributed by atoms with Crippen molar-refractivity contribution in [1.29, 1.82) is 0 Å². The largest absolute Gasteiger partial charge is 0.386 e. The molecule has 0 saturated carbocycles. The van der Waals surface area contributed by atoms with Crippen molar-refractivity contribution in [1.82, 2.24) is 9.80 Å². The topological polar surface area (TPSA) is 32.5 Å². The van der Waals surface area contributed by atoms with Gasteiger partial charge < -0.3 is 10.6 Å². The Morgan fingerprint density at radius 2 is 1.82 bits per heavy atom. The molecule has 100 valence electrons. The van der Waals surface area contributed by atoms with Crippen molar-refractivity contribution in [2.45, 2.75) is 52.5 Å². The molecule has 0 aromatic carbocycles. The van der Waals surface area contributed by atoms with E-state index in [0.717, 1.165) is 38.4 Å². The highest BCUT2D eigenvalue weighted by atomic mass is 15.3. The van der Waals surface area contributed by atoms with Crippen LogP contribution in [0.5, 0.6) is 0 Å². The zero-order valence-electron chi connectivity index (χ0n) is 11.8. The molecule has 0 unspecified atom stereocenters. The van der Waals surface area contributed by atoms with Crippen LogP contribution in [0.2, 0.25) is 0 Å². The van der Waals surface area contributed by atoms with Gasteiger partial charge in [0, 0.05) is 32.2 Å². The van der Waals surface area contributed by atoms with Gasteiger partial charge in [-0.05, 0) is 32.8 Å². The Labute approximate surface area is 107 Å². The van der Waals surface area contributed by atoms with Gasteiger partial charge in [0.25, 0.3) is 0 Å². The average Bonchev–Trinajstić information content (AvgIpc) is 2.34. The van der Waals surface area contributed by atoms with Crippen LogP contribution in [0, 0.1) is 0 Å². The monoisotopic (exact) mass is 239 g/mol. The molecule has 0 bridgehead atoms. The van der Waals surface area contributed by atoms with Crippen LogP contribution in [0.25, 0.3) is 0 Å². The first kappa shape index (κ1) is 14.4. The fourth-order valence-electron chi connectivity index (χ4n) is 2.27. The van der Waals surface area contributed by atoms with Crippen LogP contribution in [0.3, 0.4) is 0 Å². The summed E-state index contributed by atoms with van der Waals surface area (Å²) in [5.41, 5.74) is 6.12. The van der Waals surface area contributed by atoms with Gasteiger partial charge in [0.15, 0.2) is 0 Å². The molecule has 1 fully saturated rings. The molecule has 0 spiro atoms. The Balaban J connectivity index is 2.27. The van der Waals surface area contributed by atoms with Gasteiger partial charge in [0.2, 0.25) is 0 Å². The van der Waals surface area contributed by atoms with Gasteiger partial charge in [-0.25, -0.2) is 0 Å². The van der Waals surface area contributed by atoms with E-state index in [4.69, 9.17) is 5.73 Å². The maximum Gasteiger partial charge on any atom is 0.0946 e. The zero-order valence-corrected chi connectivity index (χ0v) is 11.8. The van der Waals surface area contributed by atoms with Crippen molar-refractivity contribution >= 4 is 0 Å². The first-order valence-electron chi connectivity index (χ1n) is 7.09. The highest BCUT2D eigenvalue weighted by Gasteiger charge is 2.18. The van der Waals surface area contributed by atoms with E-state index in [9.17, 15) is 0 Å². The third-order valence-electron chi connectivity index (χ3n) is 3.57. The number of rotatable bonds is 6. The zero-order chi connectivity index (χ0) is 12.7. The van der Waals surface area contributed by atoms with Gasteiger partial charge in [-0.1, -0.05) is 19.8 Å². The first-order valence-corrected chi connectivity index (χ1v) is 7.09. The molecule has 0 aromatic heterocycles. The smallest absolute Gasteiger partial charge is 0.0946 e. The quantitative estimate of drug-likeness (QED) is 0.722. The summed E-state index contributed by atoms with van der Waals surface area (Å²) in [7, 11) is 0. The summed E-state index contributed by atoms with van der Waals surface area (Å²) in [4.78, 5) is 4.84. The van der Waals surface area contributed by atoms with E-state index in [1.807, 2.05) is 0 Å². The van der Waals surface area contributed by atoms with Gasteiger partial charge in [-0.15, -0.1) is 0 Å². The number of hydrogen-bond acceptors (Lipinski definition) is 3. The molecular weight excluding hydrogens is 210 g/mol. The van der Waals surface area contributed by atoms with Gasteiger partial charge in [0.05, 0.1) is 5.82 Å². The molecule has 17 heavy (non-hydrogen) atoms. The summed E-state index contributed by atoms with van der Waals surface area (Å²) >= 11 is 0. The van der Waals surface area contributed by atoms with Crippen LogP contribution in [-0.4, -0.2) is 42.0 Å². The summed E-state index contributed by atoms with van der Waals surface area (Å²) in [5, 5.41) is 0. The fraction of sp³-hybridized carbons (Fsp3) is 0.857. The average molecular weight is 239 g/mol. The molecule has 0 aliphatic carbocycles. The number of allylic oxidation sites excluding steroid dienone is 1. The van der Waals surface area contributed by atoms with Gasteiger partial charge >= 0.3 is 0 Å². The second kappa shape index (κ2) is 7.59. The van der Waals surface area contributed by atoms with Gasteiger partial charge in [-0.3, -0.25) is 4.90 Å². The molecule has 1 heterocycles. The van der Waals surface area contributed by atoms with Crippen LogP contribution in [0.1, 0.15) is 46.5 Å². The Bertz CT molecular complexity index is 228. The second-order valence-corrected chi connectivity index (χ2v) is 5.24. The molecule has 1 aliphatic heterocycles. The molecule has 0 radical (unpaired) electrons. The fourth-order valence-corrected chi connectivity index (χ4v) is 2.27. The lowest BCUT2D eigenvalue weighted by Gasteiger charge is -2.38. The standard InChI is InChI=1S/C14H29N3/c1-4-5-6-7-8-14(15)17-11-9-16(10-12-17)13(2)3/h8,13H,4-7,9-12,15H2,1-3H3/b14-8-. The maximum atomic E-state index is 6.12. The molecule has 3 heteroatoms. The molecule has 3 nitrogen and oxygen atoms in total. The molecule has 1 aliphatic rings. The SMILES string of the molecule is CCCCC/C=C(/N)N1CCN(C(C)C)CC1. The molecular formula is C14H29N3. The lowest BCUT2D eigenvalue weighted by atomic mass is 10.2. The van der Waals surface area contributed by atoms with E-state index in [2.05, 4.69) is 36.6 Å². The lowest BCUT2D eigenvalue weighted by Crippen LogP contribution is -2.49. The minimum atomic E-state index is 0.659. The number of piperazine rings is 1. The Morgan fingerprint density at radius 3 is 2.35 bits per heavy atom. The van der Waals surface area contributed by atoms with Crippen molar-refractivity contribution in [3.05, 3.63) is 11.9 Å². The van der Waals surface area contributed by atoms with E-state index in [0.29, 0.717) is 6.04 Å². The molecule has 2 N–H and O–H groups in total. The Hall–Kier alpha value is -0.700. The van der Waals surface area contributed by atoms with Gasteiger partial charge in [-0.2, -0.15) is 0 Å². The summed E-state index contributed by atoms with van der Waals surface area (Å²) in [5.74, 6) is 0.990. The third kappa shape index (κ3) is 4.99. The minimum Gasteiger partial charge on any atom is -0.386 e. The molecule has 0 amide bonds. The van der Waals surface area contributed by atoms with Crippen molar-refractivity contribution in [3.63, 3.8) is 0 Å². The van der Waals surface area contributed by atoms with Crippen LogP contribution in [0.15, 0.2) is 11.9 Å². The van der Waals surface area contributed by atoms with Crippen molar-refractivity contribution in [3.8, 4) is 0 Å². The van der Waals surface area contributed by atoms with Crippen LogP contribution in [0.4, 0.5) is 0 Å². The highest BCUT2D eigenvalue weighted by molar-refractivity contribution is 4.98. The lowest BCUT2D eigenvalue weighted by molar-refractivity contribution is 0.129. The van der Waals surface area contributed by atoms with E-state index in [-0.39, 0.29) is 0 Å². The number of nitrogens with zero attached hydrogens (tertiary/aromatic N) is 2. The van der Waals surface area contributed by atoms with Crippen molar-refractivity contribution in [2.75, 3.05) is 26.2 Å². The number of nitrogens with two attached hydrogens (primary N) is 1. The highest BCUT2D eigenvalue weighted by Crippen LogP contribution is 2.10. The predicted molar refractivity (Wildman–Crippen MR) is 74.7 cm³/mol. The van der Waals surface area contributed by atoms with Crippen molar-refractivity contribution < 1.29 is 0 Å². The Kier molecular flexibility index (Phi) is 6.41. The van der Waals surface area contributed by atoms with E-state index in [1.165, 1.54) is 19.3 Å². The number of unbranched alkanes of at least 4 members (excludes halogenated alkanes) is 3. The second-order valence-electron chi connectivity index (χ2n) is 5.24. The normalized spacial score (nSPS) is 19.1.